The summed E-state index contributed by atoms with van der Waals surface area (Å²) >= 11 is 0. The molecule has 0 N–H and O–H groups in total. The number of allylic oxidation sites excluding steroid dienone is 1. The number of amides is 3. The molecule has 0 saturated heterocycles. The number of imide groups is 1. The van der Waals surface area contributed by atoms with E-state index in [0.717, 1.165) is 28.9 Å². The molecule has 0 aliphatic carbocycles. The van der Waals surface area contributed by atoms with Crippen molar-refractivity contribution in [1.29, 1.82) is 0 Å². The Balaban J connectivity index is 1.62. The van der Waals surface area contributed by atoms with Crippen LogP contribution in [0.3, 0.4) is 0 Å². The molecule has 3 aliphatic rings. The Hall–Kier alpha value is -3.21. The molecule has 134 valence electrons. The molecule has 3 amide bonds. The number of rotatable bonds is 1. The summed E-state index contributed by atoms with van der Waals surface area (Å²) in [7, 11) is 0. The lowest BCUT2D eigenvalue weighted by molar-refractivity contribution is -0.134. The fraction of sp³-hybridized carbons (Fsp3) is 0.227. The van der Waals surface area contributed by atoms with Crippen molar-refractivity contribution >= 4 is 17.7 Å². The second-order valence-corrected chi connectivity index (χ2v) is 7.17. The number of nitrogens with zero attached hydrogens (tertiary/aromatic N) is 2. The number of hydrogen-bond acceptors (Lipinski definition) is 3. The topological polar surface area (TPSA) is 57.7 Å². The predicted molar refractivity (Wildman–Crippen MR) is 98.8 cm³/mol. The number of carbonyl (C=O) groups excluding carboxylic acids is 3. The lowest BCUT2D eigenvalue weighted by Crippen LogP contribution is -2.50. The predicted octanol–water partition coefficient (Wildman–Crippen LogP) is 3.08. The summed E-state index contributed by atoms with van der Waals surface area (Å²) in [6.07, 6.45) is 5.88. The van der Waals surface area contributed by atoms with Gasteiger partial charge in [0.25, 0.3) is 17.7 Å². The van der Waals surface area contributed by atoms with Crippen LogP contribution in [-0.2, 0) is 11.2 Å². The van der Waals surface area contributed by atoms with Crippen LogP contribution < -0.4 is 0 Å². The molecular weight excluding hydrogens is 340 g/mol. The zero-order valence-electron chi connectivity index (χ0n) is 14.7. The molecule has 2 unspecified atom stereocenters. The highest BCUT2D eigenvalue weighted by atomic mass is 16.2. The molecule has 2 aromatic rings. The maximum absolute atomic E-state index is 13.4. The Morgan fingerprint density at radius 2 is 1.48 bits per heavy atom. The molecule has 2 atom stereocenters. The van der Waals surface area contributed by atoms with E-state index in [1.54, 1.807) is 29.2 Å². The van der Waals surface area contributed by atoms with E-state index >= 15 is 0 Å². The molecule has 0 fully saturated rings. The molecule has 0 aromatic heterocycles. The Morgan fingerprint density at radius 1 is 0.815 bits per heavy atom. The molecule has 5 rings (SSSR count). The summed E-state index contributed by atoms with van der Waals surface area (Å²) in [6, 6.07) is 13.9. The molecule has 3 aliphatic heterocycles. The zero-order chi connectivity index (χ0) is 18.5. The van der Waals surface area contributed by atoms with Crippen LogP contribution in [0.1, 0.15) is 50.7 Å². The van der Waals surface area contributed by atoms with Gasteiger partial charge in [-0.3, -0.25) is 19.3 Å². The number of hydrogen-bond donors (Lipinski definition) is 0. The Bertz CT molecular complexity index is 975. The highest BCUT2D eigenvalue weighted by Crippen LogP contribution is 2.38. The summed E-state index contributed by atoms with van der Waals surface area (Å²) in [5.41, 5.74) is 2.88. The summed E-state index contributed by atoms with van der Waals surface area (Å²) in [5.74, 6) is -0.960. The zero-order valence-corrected chi connectivity index (χ0v) is 14.7. The Labute approximate surface area is 156 Å². The fourth-order valence-corrected chi connectivity index (χ4v) is 4.42. The highest BCUT2D eigenvalue weighted by Gasteiger charge is 2.46. The maximum Gasteiger partial charge on any atom is 0.262 e. The van der Waals surface area contributed by atoms with Crippen molar-refractivity contribution in [2.45, 2.75) is 31.3 Å². The van der Waals surface area contributed by atoms with Crippen LogP contribution in [0, 0.1) is 0 Å². The minimum absolute atomic E-state index is 0.0427. The second-order valence-electron chi connectivity index (χ2n) is 7.17. The van der Waals surface area contributed by atoms with Crippen molar-refractivity contribution in [3.8, 4) is 0 Å². The normalized spacial score (nSPS) is 23.8. The van der Waals surface area contributed by atoms with Crippen LogP contribution in [0.15, 0.2) is 60.8 Å². The molecule has 0 radical (unpaired) electrons. The molecule has 2 aromatic carbocycles. The SMILES string of the molecule is O=C1C(N2C(=O)c3ccccc3C2=O)Cc2ccccc2C2CCC=CN12. The van der Waals surface area contributed by atoms with E-state index in [2.05, 4.69) is 0 Å². The van der Waals surface area contributed by atoms with E-state index in [1.807, 2.05) is 36.5 Å². The molecule has 0 bridgehead atoms. The van der Waals surface area contributed by atoms with Gasteiger partial charge in [0.15, 0.2) is 0 Å². The van der Waals surface area contributed by atoms with Crippen LogP contribution in [-0.4, -0.2) is 33.6 Å². The van der Waals surface area contributed by atoms with Gasteiger partial charge >= 0.3 is 0 Å². The first kappa shape index (κ1) is 16.0. The standard InChI is InChI=1S/C22H18N2O3/c25-20-16-9-3-4-10-17(16)21(26)24(20)19-13-14-7-1-2-8-15(14)18-11-5-6-12-23(18)22(19)27/h1-4,6-10,12,18-19H,5,11,13H2. The minimum atomic E-state index is -0.828. The van der Waals surface area contributed by atoms with E-state index in [-0.39, 0.29) is 23.8 Å². The van der Waals surface area contributed by atoms with E-state index in [9.17, 15) is 14.4 Å². The Morgan fingerprint density at radius 3 is 2.22 bits per heavy atom. The average molecular weight is 358 g/mol. The number of carbonyl (C=O) groups is 3. The maximum atomic E-state index is 13.4. The van der Waals surface area contributed by atoms with Gasteiger partial charge in [0, 0.05) is 12.6 Å². The van der Waals surface area contributed by atoms with Gasteiger partial charge in [-0.25, -0.2) is 0 Å². The van der Waals surface area contributed by atoms with Gasteiger partial charge in [-0.2, -0.15) is 0 Å². The second kappa shape index (κ2) is 5.91. The highest BCUT2D eigenvalue weighted by molar-refractivity contribution is 6.22. The molecule has 5 nitrogen and oxygen atoms in total. The quantitative estimate of drug-likeness (QED) is 0.736. The molecule has 5 heteroatoms. The molecular formula is C22H18N2O3. The van der Waals surface area contributed by atoms with E-state index < -0.39 is 6.04 Å². The van der Waals surface area contributed by atoms with Crippen molar-refractivity contribution in [2.24, 2.45) is 0 Å². The number of fused-ring (bicyclic) bond motifs is 4. The van der Waals surface area contributed by atoms with E-state index in [4.69, 9.17) is 0 Å². The summed E-state index contributed by atoms with van der Waals surface area (Å²) in [5, 5.41) is 0. The van der Waals surface area contributed by atoms with Crippen LogP contribution in [0.2, 0.25) is 0 Å². The summed E-state index contributed by atoms with van der Waals surface area (Å²) in [6.45, 7) is 0. The van der Waals surface area contributed by atoms with Crippen LogP contribution >= 0.6 is 0 Å². The van der Waals surface area contributed by atoms with Gasteiger partial charge in [0.1, 0.15) is 6.04 Å². The number of benzene rings is 2. The third-order valence-electron chi connectivity index (χ3n) is 5.71. The fourth-order valence-electron chi connectivity index (χ4n) is 4.42. The van der Waals surface area contributed by atoms with Crippen LogP contribution in [0.25, 0.3) is 0 Å². The van der Waals surface area contributed by atoms with E-state index in [0.29, 0.717) is 17.5 Å². The molecule has 0 spiro atoms. The van der Waals surface area contributed by atoms with Crippen molar-refractivity contribution in [2.75, 3.05) is 0 Å². The monoisotopic (exact) mass is 358 g/mol. The summed E-state index contributed by atoms with van der Waals surface area (Å²) in [4.78, 5) is 42.2. The molecule has 3 heterocycles. The van der Waals surface area contributed by atoms with Gasteiger partial charge in [-0.05, 0) is 36.1 Å². The van der Waals surface area contributed by atoms with Gasteiger partial charge in [0.05, 0.1) is 17.2 Å². The first-order chi connectivity index (χ1) is 13.2. The van der Waals surface area contributed by atoms with Gasteiger partial charge in [-0.15, -0.1) is 0 Å². The van der Waals surface area contributed by atoms with Crippen molar-refractivity contribution in [1.82, 2.24) is 9.80 Å². The van der Waals surface area contributed by atoms with Crippen LogP contribution in [0.5, 0.6) is 0 Å². The Kier molecular flexibility index (Phi) is 3.50. The summed E-state index contributed by atoms with van der Waals surface area (Å²) < 4.78 is 0. The largest absolute Gasteiger partial charge is 0.310 e. The van der Waals surface area contributed by atoms with Crippen molar-refractivity contribution < 1.29 is 14.4 Å². The van der Waals surface area contributed by atoms with E-state index in [1.165, 1.54) is 0 Å². The van der Waals surface area contributed by atoms with Gasteiger partial charge < -0.3 is 4.90 Å². The molecule has 27 heavy (non-hydrogen) atoms. The van der Waals surface area contributed by atoms with Crippen molar-refractivity contribution in [3.05, 3.63) is 83.1 Å². The molecule has 0 saturated carbocycles. The minimum Gasteiger partial charge on any atom is -0.310 e. The smallest absolute Gasteiger partial charge is 0.262 e. The third kappa shape index (κ3) is 2.28. The first-order valence-corrected chi connectivity index (χ1v) is 9.20. The van der Waals surface area contributed by atoms with Crippen molar-refractivity contribution in [3.63, 3.8) is 0 Å². The first-order valence-electron chi connectivity index (χ1n) is 9.20. The third-order valence-corrected chi connectivity index (χ3v) is 5.71. The lowest BCUT2D eigenvalue weighted by atomic mass is 9.94. The average Bonchev–Trinajstić information content (AvgIpc) is 2.89. The van der Waals surface area contributed by atoms with Crippen LogP contribution in [0.4, 0.5) is 0 Å². The van der Waals surface area contributed by atoms with Gasteiger partial charge in [0.2, 0.25) is 0 Å². The van der Waals surface area contributed by atoms with Gasteiger partial charge in [-0.1, -0.05) is 42.5 Å². The lowest BCUT2D eigenvalue weighted by Gasteiger charge is -2.33.